The van der Waals surface area contributed by atoms with Gasteiger partial charge in [0, 0.05) is 5.54 Å². The van der Waals surface area contributed by atoms with Crippen LogP contribution in [-0.4, -0.2) is 21.9 Å². The van der Waals surface area contributed by atoms with Crippen molar-refractivity contribution in [1.29, 1.82) is 0 Å². The fourth-order valence-corrected chi connectivity index (χ4v) is 4.20. The van der Waals surface area contributed by atoms with Gasteiger partial charge in [-0.1, -0.05) is 63.3 Å². The van der Waals surface area contributed by atoms with E-state index >= 15 is 0 Å². The zero-order valence-electron chi connectivity index (χ0n) is 15.5. The zero-order chi connectivity index (χ0) is 18.1. The molecule has 5 heteroatoms. The summed E-state index contributed by atoms with van der Waals surface area (Å²) in [4.78, 5) is 17.8. The Morgan fingerprint density at radius 2 is 1.80 bits per heavy atom. The predicted molar refractivity (Wildman–Crippen MR) is 104 cm³/mol. The lowest BCUT2D eigenvalue weighted by molar-refractivity contribution is 0.190. The van der Waals surface area contributed by atoms with E-state index in [1.807, 2.05) is 0 Å². The molecule has 1 fully saturated rings. The summed E-state index contributed by atoms with van der Waals surface area (Å²) in [5.41, 5.74) is 8.67. The molecule has 2 atom stereocenters. The van der Waals surface area contributed by atoms with Crippen molar-refractivity contribution in [3.63, 3.8) is 0 Å². The van der Waals surface area contributed by atoms with E-state index in [2.05, 4.69) is 31.2 Å². The van der Waals surface area contributed by atoms with Crippen molar-refractivity contribution >= 4 is 8.60 Å². The van der Waals surface area contributed by atoms with E-state index in [9.17, 15) is 0 Å². The van der Waals surface area contributed by atoms with E-state index in [1.165, 1.54) is 56.1 Å². The molecule has 0 aromatic heterocycles. The lowest BCUT2D eigenvalue weighted by Gasteiger charge is -2.24. The Balaban J connectivity index is 1.74. The number of nitrogens with two attached hydrogens (primary N) is 1. The van der Waals surface area contributed by atoms with Crippen molar-refractivity contribution in [2.24, 2.45) is 5.73 Å². The van der Waals surface area contributed by atoms with Crippen LogP contribution < -0.4 is 5.73 Å². The largest absolute Gasteiger partial charge is 0.328 e. The third-order valence-electron chi connectivity index (χ3n) is 5.38. The van der Waals surface area contributed by atoms with Crippen molar-refractivity contribution in [2.45, 2.75) is 82.6 Å². The van der Waals surface area contributed by atoms with E-state index in [4.69, 9.17) is 20.0 Å². The highest BCUT2D eigenvalue weighted by atomic mass is 31.2. The van der Waals surface area contributed by atoms with Crippen LogP contribution in [0.5, 0.6) is 0 Å². The highest BCUT2D eigenvalue weighted by molar-refractivity contribution is 7.39. The first-order valence-electron chi connectivity index (χ1n) is 9.71. The minimum atomic E-state index is -2.31. The van der Waals surface area contributed by atoms with Gasteiger partial charge in [0.1, 0.15) is 0 Å². The van der Waals surface area contributed by atoms with E-state index in [1.54, 1.807) is 0 Å². The summed E-state index contributed by atoms with van der Waals surface area (Å²) in [6, 6.07) is 9.01. The molecule has 1 aromatic rings. The van der Waals surface area contributed by atoms with Crippen molar-refractivity contribution in [2.75, 3.05) is 6.61 Å². The van der Waals surface area contributed by atoms with Crippen LogP contribution in [0.3, 0.4) is 0 Å². The minimum Gasteiger partial charge on any atom is -0.328 e. The van der Waals surface area contributed by atoms with Gasteiger partial charge in [-0.3, -0.25) is 0 Å². The number of aryl methyl sites for hydroxylation is 1. The van der Waals surface area contributed by atoms with E-state index in [0.29, 0.717) is 5.92 Å². The smallest absolute Gasteiger partial charge is 0.327 e. The molecular formula is C20H34NO3P. The van der Waals surface area contributed by atoms with Crippen LogP contribution in [0.25, 0.3) is 0 Å². The number of benzene rings is 1. The normalized spacial score (nSPS) is 23.5. The van der Waals surface area contributed by atoms with Crippen LogP contribution in [0.4, 0.5) is 0 Å². The van der Waals surface area contributed by atoms with Gasteiger partial charge < -0.3 is 20.0 Å². The highest BCUT2D eigenvalue weighted by Crippen LogP contribution is 2.41. The maximum absolute atomic E-state index is 8.91. The zero-order valence-corrected chi connectivity index (χ0v) is 16.4. The second-order valence-electron chi connectivity index (χ2n) is 7.59. The van der Waals surface area contributed by atoms with Crippen molar-refractivity contribution in [3.05, 3.63) is 35.4 Å². The summed E-state index contributed by atoms with van der Waals surface area (Å²) < 4.78 is 4.96. The second kappa shape index (κ2) is 10.6. The molecule has 0 heterocycles. The molecule has 25 heavy (non-hydrogen) atoms. The third-order valence-corrected chi connectivity index (χ3v) is 5.74. The van der Waals surface area contributed by atoms with Crippen LogP contribution in [0.15, 0.2) is 24.3 Å². The molecule has 2 unspecified atom stereocenters. The first kappa shape index (κ1) is 20.8. The van der Waals surface area contributed by atoms with Gasteiger partial charge in [0.15, 0.2) is 0 Å². The Morgan fingerprint density at radius 3 is 2.48 bits per heavy atom. The van der Waals surface area contributed by atoms with Crippen LogP contribution in [-0.2, 0) is 10.9 Å². The van der Waals surface area contributed by atoms with Gasteiger partial charge in [0.25, 0.3) is 0 Å². The monoisotopic (exact) mass is 367 g/mol. The van der Waals surface area contributed by atoms with Crippen molar-refractivity contribution in [3.8, 4) is 0 Å². The number of rotatable bonds is 11. The summed E-state index contributed by atoms with van der Waals surface area (Å²) in [7, 11) is -2.31. The molecule has 0 aliphatic heterocycles. The summed E-state index contributed by atoms with van der Waals surface area (Å²) >= 11 is 0. The summed E-state index contributed by atoms with van der Waals surface area (Å²) in [5, 5.41) is 0. The molecule has 0 saturated heterocycles. The molecule has 142 valence electrons. The van der Waals surface area contributed by atoms with Gasteiger partial charge in [-0.05, 0) is 49.1 Å². The molecule has 0 spiro atoms. The molecule has 0 amide bonds. The quantitative estimate of drug-likeness (QED) is 0.388. The van der Waals surface area contributed by atoms with Gasteiger partial charge >= 0.3 is 8.60 Å². The molecule has 0 bridgehead atoms. The molecule has 4 nitrogen and oxygen atoms in total. The Labute approximate surface area is 153 Å². The Morgan fingerprint density at radius 1 is 1.12 bits per heavy atom. The average molecular weight is 367 g/mol. The lowest BCUT2D eigenvalue weighted by Crippen LogP contribution is -2.41. The summed E-state index contributed by atoms with van der Waals surface area (Å²) in [5.74, 6) is 0.445. The van der Waals surface area contributed by atoms with Crippen LogP contribution in [0.1, 0.15) is 81.8 Å². The van der Waals surface area contributed by atoms with Crippen molar-refractivity contribution in [1.82, 2.24) is 0 Å². The first-order chi connectivity index (χ1) is 12.0. The van der Waals surface area contributed by atoms with Gasteiger partial charge in [-0.2, -0.15) is 0 Å². The fourth-order valence-electron chi connectivity index (χ4n) is 3.82. The highest BCUT2D eigenvalue weighted by Gasteiger charge is 2.37. The van der Waals surface area contributed by atoms with Gasteiger partial charge in [0.2, 0.25) is 0 Å². The van der Waals surface area contributed by atoms with E-state index in [0.717, 1.165) is 19.3 Å². The Bertz CT molecular complexity index is 494. The SMILES string of the molecule is CCCCCCCCc1ccc(C2CCC(N)(COP(O)O)C2)cc1. The van der Waals surface area contributed by atoms with Gasteiger partial charge in [-0.15, -0.1) is 0 Å². The maximum atomic E-state index is 8.91. The molecule has 4 N–H and O–H groups in total. The van der Waals surface area contributed by atoms with Gasteiger partial charge in [-0.25, -0.2) is 0 Å². The fraction of sp³-hybridized carbons (Fsp3) is 0.700. The molecule has 1 aliphatic carbocycles. The standard InChI is InChI=1S/C20H34NO3P/c1-2-3-4-5-6-7-8-17-9-11-18(12-10-17)19-13-14-20(21,15-19)16-24-25(22)23/h9-12,19,22-23H,2-8,13-16,21H2,1H3. The minimum absolute atomic E-state index is 0.221. The van der Waals surface area contributed by atoms with Gasteiger partial charge in [0.05, 0.1) is 6.61 Å². The van der Waals surface area contributed by atoms with Crippen LogP contribution >= 0.6 is 8.60 Å². The predicted octanol–water partition coefficient (Wildman–Crippen LogP) is 4.78. The molecular weight excluding hydrogens is 333 g/mol. The Kier molecular flexibility index (Phi) is 8.81. The Hall–Kier alpha value is -0.510. The van der Waals surface area contributed by atoms with Crippen LogP contribution in [0.2, 0.25) is 0 Å². The topological polar surface area (TPSA) is 75.7 Å². The number of hydrogen-bond acceptors (Lipinski definition) is 4. The molecule has 1 aliphatic rings. The summed E-state index contributed by atoms with van der Waals surface area (Å²) in [6.07, 6.45) is 11.9. The third kappa shape index (κ3) is 7.32. The van der Waals surface area contributed by atoms with E-state index < -0.39 is 14.1 Å². The summed E-state index contributed by atoms with van der Waals surface area (Å²) in [6.45, 7) is 2.47. The lowest BCUT2D eigenvalue weighted by atomic mass is 9.92. The van der Waals surface area contributed by atoms with Crippen molar-refractivity contribution < 1.29 is 14.3 Å². The molecule has 2 rings (SSSR count). The van der Waals surface area contributed by atoms with Crippen LogP contribution in [0, 0.1) is 0 Å². The number of unbranched alkanes of at least 4 members (excludes halogenated alkanes) is 5. The number of hydrogen-bond donors (Lipinski definition) is 3. The molecule has 1 aromatic carbocycles. The average Bonchev–Trinajstić information content (AvgIpc) is 3.00. The molecule has 0 radical (unpaired) electrons. The molecule has 1 saturated carbocycles. The first-order valence-corrected chi connectivity index (χ1v) is 10.9. The van der Waals surface area contributed by atoms with E-state index in [-0.39, 0.29) is 6.61 Å². The second-order valence-corrected chi connectivity index (χ2v) is 8.35. The maximum Gasteiger partial charge on any atom is 0.327 e.